The number of benzene rings is 2. The molecular formula is C20H23ClFN3O3S. The highest BCUT2D eigenvalue weighted by atomic mass is 35.5. The lowest BCUT2D eigenvalue weighted by atomic mass is 10.1. The van der Waals surface area contributed by atoms with Gasteiger partial charge in [-0.3, -0.25) is 4.79 Å². The van der Waals surface area contributed by atoms with Gasteiger partial charge in [0.25, 0.3) is 0 Å². The quantitative estimate of drug-likeness (QED) is 0.751. The third-order valence-electron chi connectivity index (χ3n) is 4.98. The molecule has 0 bridgehead atoms. The van der Waals surface area contributed by atoms with Gasteiger partial charge in [-0.2, -0.15) is 4.31 Å². The van der Waals surface area contributed by atoms with Crippen LogP contribution in [0.4, 0.5) is 4.39 Å². The maximum atomic E-state index is 13.9. The molecule has 1 atom stereocenters. The molecule has 1 amide bonds. The molecule has 6 nitrogen and oxygen atoms in total. The van der Waals surface area contributed by atoms with Crippen LogP contribution in [0.5, 0.6) is 0 Å². The largest absolute Gasteiger partial charge is 0.339 e. The lowest BCUT2D eigenvalue weighted by molar-refractivity contribution is -0.131. The molecule has 0 saturated carbocycles. The summed E-state index contributed by atoms with van der Waals surface area (Å²) in [7, 11) is -3.92. The minimum absolute atomic E-state index is 0.102. The van der Waals surface area contributed by atoms with Crippen molar-refractivity contribution < 1.29 is 17.6 Å². The minimum Gasteiger partial charge on any atom is -0.339 e. The summed E-state index contributed by atoms with van der Waals surface area (Å²) in [6, 6.07) is 12.6. The molecule has 1 aliphatic heterocycles. The fourth-order valence-electron chi connectivity index (χ4n) is 3.26. The molecule has 1 heterocycles. The maximum absolute atomic E-state index is 13.9. The first-order valence-electron chi connectivity index (χ1n) is 9.31. The number of hydrogen-bond acceptors (Lipinski definition) is 4. The summed E-state index contributed by atoms with van der Waals surface area (Å²) in [6.07, 6.45) is 0. The highest BCUT2D eigenvalue weighted by Gasteiger charge is 2.31. The number of piperazine rings is 1. The Bertz CT molecular complexity index is 978. The predicted molar refractivity (Wildman–Crippen MR) is 110 cm³/mol. The van der Waals surface area contributed by atoms with Crippen molar-refractivity contribution in [1.82, 2.24) is 14.5 Å². The van der Waals surface area contributed by atoms with Gasteiger partial charge in [0.1, 0.15) is 10.7 Å². The van der Waals surface area contributed by atoms with E-state index in [4.69, 9.17) is 11.6 Å². The molecule has 0 aliphatic carbocycles. The van der Waals surface area contributed by atoms with Gasteiger partial charge in [0.15, 0.2) is 0 Å². The molecule has 1 aliphatic rings. The molecule has 29 heavy (non-hydrogen) atoms. The van der Waals surface area contributed by atoms with Gasteiger partial charge < -0.3 is 10.2 Å². The second-order valence-electron chi connectivity index (χ2n) is 6.84. The number of rotatable bonds is 6. The van der Waals surface area contributed by atoms with Crippen molar-refractivity contribution in [1.29, 1.82) is 0 Å². The maximum Gasteiger partial charge on any atom is 0.246 e. The number of halogens is 2. The van der Waals surface area contributed by atoms with Crippen LogP contribution >= 0.6 is 11.6 Å². The van der Waals surface area contributed by atoms with E-state index >= 15 is 0 Å². The molecule has 3 rings (SSSR count). The van der Waals surface area contributed by atoms with Gasteiger partial charge in [0.2, 0.25) is 15.9 Å². The summed E-state index contributed by atoms with van der Waals surface area (Å²) < 4.78 is 40.4. The van der Waals surface area contributed by atoms with Crippen LogP contribution in [0, 0.1) is 5.82 Å². The van der Waals surface area contributed by atoms with Crippen LogP contribution < -0.4 is 5.32 Å². The van der Waals surface area contributed by atoms with Gasteiger partial charge in [-0.1, -0.05) is 41.9 Å². The number of sulfonamides is 1. The summed E-state index contributed by atoms with van der Waals surface area (Å²) in [6.45, 7) is 2.81. The van der Waals surface area contributed by atoms with Gasteiger partial charge in [0.05, 0.1) is 6.54 Å². The SMILES string of the molecule is CC(NCC(=O)N1CCN(S(=O)(=O)c2ccccc2F)CC1)c1ccccc1Cl. The third kappa shape index (κ3) is 4.95. The Morgan fingerprint density at radius 3 is 2.38 bits per heavy atom. The Kier molecular flexibility index (Phi) is 6.89. The van der Waals surface area contributed by atoms with E-state index in [1.165, 1.54) is 22.5 Å². The highest BCUT2D eigenvalue weighted by molar-refractivity contribution is 7.89. The average molecular weight is 440 g/mol. The molecule has 2 aromatic rings. The van der Waals surface area contributed by atoms with E-state index in [-0.39, 0.29) is 49.6 Å². The van der Waals surface area contributed by atoms with Gasteiger partial charge in [-0.15, -0.1) is 0 Å². The first-order valence-corrected chi connectivity index (χ1v) is 11.1. The first-order chi connectivity index (χ1) is 13.8. The second kappa shape index (κ2) is 9.21. The van der Waals surface area contributed by atoms with Crippen LogP contribution in [0.15, 0.2) is 53.4 Å². The number of nitrogens with one attached hydrogen (secondary N) is 1. The van der Waals surface area contributed by atoms with Crippen LogP contribution in [0.25, 0.3) is 0 Å². The first kappa shape index (κ1) is 21.7. The van der Waals surface area contributed by atoms with E-state index < -0.39 is 15.8 Å². The molecule has 1 fully saturated rings. The Morgan fingerprint density at radius 2 is 1.72 bits per heavy atom. The van der Waals surface area contributed by atoms with Crippen molar-refractivity contribution in [2.75, 3.05) is 32.7 Å². The summed E-state index contributed by atoms with van der Waals surface area (Å²) in [5, 5.41) is 3.79. The van der Waals surface area contributed by atoms with Crippen molar-refractivity contribution in [3.05, 3.63) is 64.9 Å². The van der Waals surface area contributed by atoms with Crippen molar-refractivity contribution in [2.45, 2.75) is 17.9 Å². The van der Waals surface area contributed by atoms with E-state index in [0.717, 1.165) is 11.6 Å². The van der Waals surface area contributed by atoms with Crippen LogP contribution in [-0.2, 0) is 14.8 Å². The number of nitrogens with zero attached hydrogens (tertiary/aromatic N) is 2. The summed E-state index contributed by atoms with van der Waals surface area (Å²) in [5.74, 6) is -0.893. The molecule has 1 N–H and O–H groups in total. The molecule has 156 valence electrons. The standard InChI is InChI=1S/C20H23ClFN3O3S/c1-15(16-6-2-3-7-17(16)21)23-14-20(26)24-10-12-25(13-11-24)29(27,28)19-9-5-4-8-18(19)22/h2-9,15,23H,10-14H2,1H3. The summed E-state index contributed by atoms with van der Waals surface area (Å²) in [5.41, 5.74) is 0.905. The van der Waals surface area contributed by atoms with E-state index in [1.807, 2.05) is 25.1 Å². The molecule has 1 saturated heterocycles. The van der Waals surface area contributed by atoms with Crippen LogP contribution in [0.3, 0.4) is 0 Å². The van der Waals surface area contributed by atoms with Crippen molar-refractivity contribution >= 4 is 27.5 Å². The van der Waals surface area contributed by atoms with Gasteiger partial charge in [-0.05, 0) is 30.7 Å². The molecule has 0 spiro atoms. The molecule has 9 heteroatoms. The minimum atomic E-state index is -3.92. The third-order valence-corrected chi connectivity index (χ3v) is 7.25. The average Bonchev–Trinajstić information content (AvgIpc) is 2.72. The Hall–Kier alpha value is -2.00. The fraction of sp³-hybridized carbons (Fsp3) is 0.350. The van der Waals surface area contributed by atoms with E-state index in [9.17, 15) is 17.6 Å². The molecule has 0 radical (unpaired) electrons. The predicted octanol–water partition coefficient (Wildman–Crippen LogP) is 2.66. The smallest absolute Gasteiger partial charge is 0.246 e. The van der Waals surface area contributed by atoms with Crippen LogP contribution in [-0.4, -0.2) is 56.3 Å². The Labute approximate surface area is 175 Å². The van der Waals surface area contributed by atoms with Crippen molar-refractivity contribution in [3.63, 3.8) is 0 Å². The highest BCUT2D eigenvalue weighted by Crippen LogP contribution is 2.22. The monoisotopic (exact) mass is 439 g/mol. The van der Waals surface area contributed by atoms with E-state index in [1.54, 1.807) is 11.0 Å². The molecule has 0 aromatic heterocycles. The van der Waals surface area contributed by atoms with Gasteiger partial charge in [-0.25, -0.2) is 12.8 Å². The van der Waals surface area contributed by atoms with Crippen LogP contribution in [0.2, 0.25) is 5.02 Å². The lowest BCUT2D eigenvalue weighted by Crippen LogP contribution is -2.52. The topological polar surface area (TPSA) is 69.7 Å². The number of carbonyl (C=O) groups is 1. The van der Waals surface area contributed by atoms with Crippen molar-refractivity contribution in [2.24, 2.45) is 0 Å². The normalized spacial score (nSPS) is 16.6. The molecule has 2 aromatic carbocycles. The van der Waals surface area contributed by atoms with E-state index in [2.05, 4.69) is 5.32 Å². The lowest BCUT2D eigenvalue weighted by Gasteiger charge is -2.34. The molecular weight excluding hydrogens is 417 g/mol. The fourth-order valence-corrected chi connectivity index (χ4v) is 5.05. The van der Waals surface area contributed by atoms with Crippen LogP contribution in [0.1, 0.15) is 18.5 Å². The van der Waals surface area contributed by atoms with Crippen molar-refractivity contribution in [3.8, 4) is 0 Å². The van der Waals surface area contributed by atoms with Gasteiger partial charge >= 0.3 is 0 Å². The zero-order valence-electron chi connectivity index (χ0n) is 16.0. The number of amides is 1. The zero-order valence-corrected chi connectivity index (χ0v) is 17.6. The number of carbonyl (C=O) groups excluding carboxylic acids is 1. The second-order valence-corrected chi connectivity index (χ2v) is 9.15. The Balaban J connectivity index is 1.54. The number of hydrogen-bond donors (Lipinski definition) is 1. The van der Waals surface area contributed by atoms with E-state index in [0.29, 0.717) is 5.02 Å². The summed E-state index contributed by atoms with van der Waals surface area (Å²) in [4.78, 5) is 13.8. The molecule has 1 unspecified atom stereocenters. The van der Waals surface area contributed by atoms with Gasteiger partial charge in [0, 0.05) is 37.2 Å². The summed E-state index contributed by atoms with van der Waals surface area (Å²) >= 11 is 6.18. The zero-order chi connectivity index (χ0) is 21.0. The Morgan fingerprint density at radius 1 is 1.10 bits per heavy atom.